The molecule has 0 bridgehead atoms. The van der Waals surface area contributed by atoms with Gasteiger partial charge in [0.25, 0.3) is 5.88 Å². The molecule has 0 N–H and O–H groups in total. The minimum Gasteiger partial charge on any atom is -0.457 e. The third-order valence-corrected chi connectivity index (χ3v) is 5.43. The van der Waals surface area contributed by atoms with Crippen LogP contribution in [0.25, 0.3) is 11.1 Å². The molecule has 0 saturated carbocycles. The number of hydrogen-bond acceptors (Lipinski definition) is 6. The lowest BCUT2D eigenvalue weighted by atomic mass is 9.88. The molecule has 2 aromatic carbocycles. The quantitative estimate of drug-likeness (QED) is 0.335. The maximum Gasteiger partial charge on any atom is 0.534 e. The average Bonchev–Trinajstić information content (AvgIpc) is 2.73. The highest BCUT2D eigenvalue weighted by molar-refractivity contribution is 7.87. The molecule has 10 heteroatoms. The third-order valence-electron chi connectivity index (χ3n) is 4.48. The minimum absolute atomic E-state index is 0.177. The van der Waals surface area contributed by atoms with Crippen LogP contribution in [0.4, 0.5) is 13.2 Å². The Morgan fingerprint density at radius 2 is 1.52 bits per heavy atom. The maximum atomic E-state index is 12.9. The van der Waals surface area contributed by atoms with Crippen molar-refractivity contribution < 1.29 is 30.5 Å². The molecule has 0 atom stereocenters. The first-order chi connectivity index (χ1) is 15.3. The van der Waals surface area contributed by atoms with E-state index in [0.717, 1.165) is 0 Å². The summed E-state index contributed by atoms with van der Waals surface area (Å²) in [5, 5.41) is 9.63. The first-order valence-corrected chi connectivity index (χ1v) is 11.0. The summed E-state index contributed by atoms with van der Waals surface area (Å²) in [4.78, 5) is 3.92. The van der Waals surface area contributed by atoms with Crippen LogP contribution in [-0.4, -0.2) is 18.9 Å². The fraction of sp³-hybridized carbons (Fsp3) is 0.217. The molecule has 3 aromatic rings. The standard InChI is InChI=1S/C23H19F3N2O4S/c1-22(2,3)20-13-18(19(14-27)21(28-20)32-33(29,30)23(24,25)26)15-9-11-17(12-10-15)31-16-7-5-4-6-8-16/h4-13H,1-3H3. The van der Waals surface area contributed by atoms with Gasteiger partial charge < -0.3 is 8.92 Å². The Morgan fingerprint density at radius 1 is 0.939 bits per heavy atom. The van der Waals surface area contributed by atoms with Crippen molar-refractivity contribution in [2.75, 3.05) is 0 Å². The van der Waals surface area contributed by atoms with E-state index in [1.807, 2.05) is 18.2 Å². The lowest BCUT2D eigenvalue weighted by molar-refractivity contribution is -0.0501. The van der Waals surface area contributed by atoms with Crippen molar-refractivity contribution in [3.8, 4) is 34.6 Å². The van der Waals surface area contributed by atoms with Gasteiger partial charge >= 0.3 is 15.6 Å². The van der Waals surface area contributed by atoms with Crippen molar-refractivity contribution in [2.45, 2.75) is 31.7 Å². The van der Waals surface area contributed by atoms with Crippen molar-refractivity contribution in [3.05, 3.63) is 71.9 Å². The van der Waals surface area contributed by atoms with Crippen LogP contribution < -0.4 is 8.92 Å². The topological polar surface area (TPSA) is 89.3 Å². The van der Waals surface area contributed by atoms with Crippen LogP contribution >= 0.6 is 0 Å². The summed E-state index contributed by atoms with van der Waals surface area (Å²) in [5.74, 6) is 0.168. The lowest BCUT2D eigenvalue weighted by Gasteiger charge is -2.21. The monoisotopic (exact) mass is 476 g/mol. The van der Waals surface area contributed by atoms with Crippen LogP contribution in [0.2, 0.25) is 0 Å². The number of nitrogens with zero attached hydrogens (tertiary/aromatic N) is 2. The first-order valence-electron chi connectivity index (χ1n) is 9.61. The zero-order valence-electron chi connectivity index (χ0n) is 17.8. The predicted octanol–water partition coefficient (Wildman–Crippen LogP) is 5.94. The maximum absolute atomic E-state index is 12.9. The molecule has 0 radical (unpaired) electrons. The molecular formula is C23H19F3N2O4S. The van der Waals surface area contributed by atoms with Crippen LogP contribution in [-0.2, 0) is 15.5 Å². The molecule has 0 unspecified atom stereocenters. The van der Waals surface area contributed by atoms with Gasteiger partial charge in [-0.15, -0.1) is 0 Å². The van der Waals surface area contributed by atoms with E-state index in [4.69, 9.17) is 4.74 Å². The zero-order chi connectivity index (χ0) is 24.4. The number of alkyl halides is 3. The van der Waals surface area contributed by atoms with Crippen molar-refractivity contribution in [1.29, 1.82) is 5.26 Å². The van der Waals surface area contributed by atoms with Gasteiger partial charge in [-0.25, -0.2) is 4.98 Å². The number of rotatable bonds is 5. The summed E-state index contributed by atoms with van der Waals surface area (Å²) in [6.45, 7) is 5.22. The van der Waals surface area contributed by atoms with Gasteiger partial charge in [-0.3, -0.25) is 0 Å². The van der Waals surface area contributed by atoms with Crippen LogP contribution in [0.1, 0.15) is 32.0 Å². The van der Waals surface area contributed by atoms with Crippen LogP contribution in [0.5, 0.6) is 17.4 Å². The van der Waals surface area contributed by atoms with Gasteiger partial charge in [0.2, 0.25) is 0 Å². The third kappa shape index (κ3) is 5.43. The summed E-state index contributed by atoms with van der Waals surface area (Å²) in [5.41, 5.74) is -5.93. The number of halogens is 3. The largest absolute Gasteiger partial charge is 0.534 e. The number of hydrogen-bond donors (Lipinski definition) is 0. The number of para-hydroxylation sites is 1. The van der Waals surface area contributed by atoms with Gasteiger partial charge in [-0.2, -0.15) is 26.9 Å². The van der Waals surface area contributed by atoms with Crippen molar-refractivity contribution in [1.82, 2.24) is 4.98 Å². The molecule has 1 heterocycles. The Kier molecular flexibility index (Phi) is 6.38. The van der Waals surface area contributed by atoms with Crippen molar-refractivity contribution >= 4 is 10.1 Å². The molecule has 0 aliphatic heterocycles. The second-order valence-electron chi connectivity index (χ2n) is 8.02. The van der Waals surface area contributed by atoms with Gasteiger partial charge in [0, 0.05) is 11.0 Å². The van der Waals surface area contributed by atoms with E-state index in [2.05, 4.69) is 9.17 Å². The van der Waals surface area contributed by atoms with Gasteiger partial charge in [0.15, 0.2) is 0 Å². The highest BCUT2D eigenvalue weighted by atomic mass is 32.2. The normalized spacial score (nSPS) is 12.2. The van der Waals surface area contributed by atoms with Crippen molar-refractivity contribution in [2.24, 2.45) is 0 Å². The summed E-state index contributed by atoms with van der Waals surface area (Å²) < 4.78 is 71.9. The van der Waals surface area contributed by atoms with E-state index >= 15 is 0 Å². The van der Waals surface area contributed by atoms with Crippen molar-refractivity contribution in [3.63, 3.8) is 0 Å². The predicted molar refractivity (Wildman–Crippen MR) is 115 cm³/mol. The molecular weight excluding hydrogens is 457 g/mol. The number of nitriles is 1. The number of pyridine rings is 1. The first kappa shape index (κ1) is 24.1. The van der Waals surface area contributed by atoms with E-state index in [1.165, 1.54) is 6.07 Å². The van der Waals surface area contributed by atoms with E-state index in [0.29, 0.717) is 17.1 Å². The molecule has 33 heavy (non-hydrogen) atoms. The van der Waals surface area contributed by atoms with E-state index in [1.54, 1.807) is 63.2 Å². The van der Waals surface area contributed by atoms with Crippen LogP contribution in [0, 0.1) is 11.3 Å². The molecule has 0 saturated heterocycles. The van der Waals surface area contributed by atoms with Crippen LogP contribution in [0.15, 0.2) is 60.7 Å². The molecule has 0 aliphatic rings. The minimum atomic E-state index is -6.02. The summed E-state index contributed by atoms with van der Waals surface area (Å²) in [6.07, 6.45) is 0. The highest BCUT2D eigenvalue weighted by Crippen LogP contribution is 2.37. The highest BCUT2D eigenvalue weighted by Gasteiger charge is 2.49. The van der Waals surface area contributed by atoms with Crippen LogP contribution in [0.3, 0.4) is 0 Å². The Labute approximate surface area is 189 Å². The fourth-order valence-electron chi connectivity index (χ4n) is 2.78. The Bertz CT molecular complexity index is 1290. The fourth-order valence-corrected chi connectivity index (χ4v) is 3.20. The van der Waals surface area contributed by atoms with Gasteiger partial charge in [0.1, 0.15) is 23.1 Å². The summed E-state index contributed by atoms with van der Waals surface area (Å²) in [7, 11) is -6.02. The Balaban J connectivity index is 2.10. The number of aromatic nitrogens is 1. The van der Waals surface area contributed by atoms with Gasteiger partial charge in [-0.1, -0.05) is 51.1 Å². The number of ether oxygens (including phenoxy) is 1. The van der Waals surface area contributed by atoms with E-state index in [-0.39, 0.29) is 11.3 Å². The second-order valence-corrected chi connectivity index (χ2v) is 9.56. The molecule has 3 rings (SSSR count). The molecule has 0 fully saturated rings. The SMILES string of the molecule is CC(C)(C)c1cc(-c2ccc(Oc3ccccc3)cc2)c(C#N)c(OS(=O)(=O)C(F)(F)F)n1. The van der Waals surface area contributed by atoms with Gasteiger partial charge in [-0.05, 0) is 35.9 Å². The Hall–Kier alpha value is -3.58. The zero-order valence-corrected chi connectivity index (χ0v) is 18.7. The molecule has 6 nitrogen and oxygen atoms in total. The molecule has 0 amide bonds. The summed E-state index contributed by atoms with van der Waals surface area (Å²) >= 11 is 0. The Morgan fingerprint density at radius 3 is 2.03 bits per heavy atom. The smallest absolute Gasteiger partial charge is 0.457 e. The molecule has 0 aliphatic carbocycles. The van der Waals surface area contributed by atoms with E-state index in [9.17, 15) is 26.9 Å². The van der Waals surface area contributed by atoms with E-state index < -0.39 is 32.5 Å². The molecule has 172 valence electrons. The lowest BCUT2D eigenvalue weighted by Crippen LogP contribution is -2.29. The molecule has 0 spiro atoms. The summed E-state index contributed by atoms with van der Waals surface area (Å²) in [6, 6.07) is 18.7. The molecule has 1 aromatic heterocycles. The number of benzene rings is 2. The second kappa shape index (κ2) is 8.75. The van der Waals surface area contributed by atoms with Gasteiger partial charge in [0.05, 0.1) is 5.69 Å². The average molecular weight is 476 g/mol.